The second-order valence-corrected chi connectivity index (χ2v) is 7.30. The molecule has 1 saturated heterocycles. The average molecular weight is 407 g/mol. The molecule has 29 heavy (non-hydrogen) atoms. The van der Waals surface area contributed by atoms with E-state index in [1.54, 1.807) is 31.4 Å². The smallest absolute Gasteiger partial charge is 0.416 e. The Labute approximate surface area is 168 Å². The topological polar surface area (TPSA) is 38.8 Å². The third kappa shape index (κ3) is 5.09. The lowest BCUT2D eigenvalue weighted by molar-refractivity contribution is -0.137. The van der Waals surface area contributed by atoms with Crippen LogP contribution >= 0.6 is 0 Å². The van der Waals surface area contributed by atoms with Gasteiger partial charge in [0.15, 0.2) is 0 Å². The third-order valence-electron chi connectivity index (χ3n) is 5.29. The highest BCUT2D eigenvalue weighted by Crippen LogP contribution is 2.33. The number of anilines is 1. The lowest BCUT2D eigenvalue weighted by Crippen LogP contribution is -2.32. The van der Waals surface area contributed by atoms with Gasteiger partial charge in [0.2, 0.25) is 0 Å². The molecule has 1 unspecified atom stereocenters. The van der Waals surface area contributed by atoms with Crippen molar-refractivity contribution in [2.75, 3.05) is 32.3 Å². The molecule has 2 aromatic carbocycles. The Kier molecular flexibility index (Phi) is 6.47. The Bertz CT molecular complexity index is 819. The van der Waals surface area contributed by atoms with E-state index in [1.807, 2.05) is 12.1 Å². The van der Waals surface area contributed by atoms with Crippen LogP contribution in [0.25, 0.3) is 0 Å². The molecule has 4 nitrogen and oxygen atoms in total. The normalized spacial score (nSPS) is 19.4. The summed E-state index contributed by atoms with van der Waals surface area (Å²) in [7, 11) is 3.00. The number of carbonyl (C=O) groups excluding carboxylic acids is 1. The molecule has 156 valence electrons. The van der Waals surface area contributed by atoms with Gasteiger partial charge in [-0.2, -0.15) is 13.2 Å². The molecule has 1 fully saturated rings. The number of alkyl halides is 3. The molecule has 0 N–H and O–H groups in total. The molecule has 7 heteroatoms. The maximum Gasteiger partial charge on any atom is 0.416 e. The van der Waals surface area contributed by atoms with Gasteiger partial charge in [0.25, 0.3) is 0 Å². The van der Waals surface area contributed by atoms with Gasteiger partial charge in [0.1, 0.15) is 0 Å². The molecule has 2 aromatic rings. The average Bonchev–Trinajstić information content (AvgIpc) is 3.10. The fourth-order valence-corrected chi connectivity index (χ4v) is 3.90. The number of halogens is 3. The Hall–Kier alpha value is -2.54. The fourth-order valence-electron chi connectivity index (χ4n) is 3.90. The zero-order chi connectivity index (χ0) is 21.0. The molecule has 2 atom stereocenters. The molecule has 1 aliphatic rings. The van der Waals surface area contributed by atoms with Crippen molar-refractivity contribution >= 4 is 11.7 Å². The minimum atomic E-state index is -4.32. The molecule has 1 heterocycles. The van der Waals surface area contributed by atoms with Crippen molar-refractivity contribution in [1.29, 1.82) is 0 Å². The largest absolute Gasteiger partial charge is 0.465 e. The highest BCUT2D eigenvalue weighted by molar-refractivity contribution is 5.89. The Morgan fingerprint density at radius 2 is 1.72 bits per heavy atom. The number of hydrogen-bond donors (Lipinski definition) is 0. The van der Waals surface area contributed by atoms with E-state index in [9.17, 15) is 18.0 Å². The Morgan fingerprint density at radius 3 is 2.28 bits per heavy atom. The number of esters is 1. The predicted molar refractivity (Wildman–Crippen MR) is 104 cm³/mol. The van der Waals surface area contributed by atoms with Crippen molar-refractivity contribution in [3.05, 3.63) is 65.2 Å². The lowest BCUT2D eigenvalue weighted by atomic mass is 9.96. The van der Waals surface area contributed by atoms with Crippen molar-refractivity contribution in [2.45, 2.75) is 25.1 Å². The van der Waals surface area contributed by atoms with Crippen molar-refractivity contribution in [2.24, 2.45) is 5.92 Å². The monoisotopic (exact) mass is 407 g/mol. The molecule has 0 radical (unpaired) electrons. The van der Waals surface area contributed by atoms with Crippen LogP contribution in [0.5, 0.6) is 0 Å². The molecular weight excluding hydrogens is 383 g/mol. The summed E-state index contributed by atoms with van der Waals surface area (Å²) in [5.74, 6) is -0.0845. The number of nitrogens with zero attached hydrogens (tertiary/aromatic N) is 1. The van der Waals surface area contributed by atoms with E-state index in [0.29, 0.717) is 24.5 Å². The fraction of sp³-hybridized carbons (Fsp3) is 0.409. The Balaban J connectivity index is 1.71. The number of rotatable bonds is 6. The van der Waals surface area contributed by atoms with Crippen LogP contribution in [0.1, 0.15) is 27.9 Å². The first-order chi connectivity index (χ1) is 13.8. The van der Waals surface area contributed by atoms with Gasteiger partial charge in [-0.05, 0) is 60.7 Å². The molecular formula is C22H24F3NO3. The summed E-state index contributed by atoms with van der Waals surface area (Å²) in [6, 6.07) is 12.8. The molecule has 0 aromatic heterocycles. The highest BCUT2D eigenvalue weighted by atomic mass is 19.4. The van der Waals surface area contributed by atoms with E-state index in [4.69, 9.17) is 9.47 Å². The second-order valence-electron chi connectivity index (χ2n) is 7.30. The summed E-state index contributed by atoms with van der Waals surface area (Å²) in [5.41, 5.74) is 1.73. The lowest BCUT2D eigenvalue weighted by Gasteiger charge is -2.26. The first-order valence-electron chi connectivity index (χ1n) is 9.42. The molecule has 1 aliphatic heterocycles. The standard InChI is InChI=1S/C22H24F3NO3/c1-28-14-20-12-16(11-15-3-7-18(8-4-15)22(23,24)25)13-26(20)19-9-5-17(6-10-19)21(27)29-2/h3-10,16,20H,11-14H2,1-2H3/t16?,20-/m0/s1. The van der Waals surface area contributed by atoms with Crippen LogP contribution in [-0.4, -0.2) is 39.4 Å². The summed E-state index contributed by atoms with van der Waals surface area (Å²) in [6.07, 6.45) is -2.73. The molecule has 0 bridgehead atoms. The first-order valence-corrected chi connectivity index (χ1v) is 9.42. The number of benzene rings is 2. The van der Waals surface area contributed by atoms with E-state index in [1.165, 1.54) is 7.11 Å². The number of hydrogen-bond acceptors (Lipinski definition) is 4. The quantitative estimate of drug-likeness (QED) is 0.658. The molecule has 0 saturated carbocycles. The molecule has 3 rings (SSSR count). The molecule has 0 amide bonds. The van der Waals surface area contributed by atoms with Crippen LogP contribution < -0.4 is 4.90 Å². The van der Waals surface area contributed by atoms with Gasteiger partial charge in [0, 0.05) is 19.3 Å². The maximum absolute atomic E-state index is 12.8. The molecule has 0 spiro atoms. The Morgan fingerprint density at radius 1 is 1.07 bits per heavy atom. The van der Waals surface area contributed by atoms with Gasteiger partial charge < -0.3 is 14.4 Å². The SMILES string of the molecule is COC[C@@H]1CC(Cc2ccc(C(F)(F)F)cc2)CN1c1ccc(C(=O)OC)cc1. The summed E-state index contributed by atoms with van der Waals surface area (Å²) >= 11 is 0. The van der Waals surface area contributed by atoms with Gasteiger partial charge in [-0.3, -0.25) is 0 Å². The predicted octanol–water partition coefficient (Wildman–Crippen LogP) is 4.58. The summed E-state index contributed by atoms with van der Waals surface area (Å²) in [6.45, 7) is 1.33. The number of ether oxygens (including phenoxy) is 2. The van der Waals surface area contributed by atoms with E-state index in [2.05, 4.69) is 4.90 Å². The van der Waals surface area contributed by atoms with Gasteiger partial charge in [0.05, 0.1) is 30.9 Å². The third-order valence-corrected chi connectivity index (χ3v) is 5.29. The van der Waals surface area contributed by atoms with Crippen LogP contribution in [0.15, 0.2) is 48.5 Å². The van der Waals surface area contributed by atoms with Crippen LogP contribution in [-0.2, 0) is 22.1 Å². The van der Waals surface area contributed by atoms with Crippen LogP contribution in [0.3, 0.4) is 0 Å². The molecule has 0 aliphatic carbocycles. The zero-order valence-electron chi connectivity index (χ0n) is 16.4. The van der Waals surface area contributed by atoms with Gasteiger partial charge in [-0.1, -0.05) is 12.1 Å². The van der Waals surface area contributed by atoms with E-state index in [-0.39, 0.29) is 12.0 Å². The van der Waals surface area contributed by atoms with Crippen molar-refractivity contribution < 1.29 is 27.4 Å². The minimum absolute atomic E-state index is 0.170. The van der Waals surface area contributed by atoms with Crippen LogP contribution in [0, 0.1) is 5.92 Å². The van der Waals surface area contributed by atoms with E-state index in [0.717, 1.165) is 36.3 Å². The minimum Gasteiger partial charge on any atom is -0.465 e. The number of carbonyl (C=O) groups is 1. The van der Waals surface area contributed by atoms with Gasteiger partial charge >= 0.3 is 12.1 Å². The van der Waals surface area contributed by atoms with Crippen molar-refractivity contribution in [1.82, 2.24) is 0 Å². The van der Waals surface area contributed by atoms with E-state index >= 15 is 0 Å². The summed E-state index contributed by atoms with van der Waals surface area (Å²) in [4.78, 5) is 13.9. The summed E-state index contributed by atoms with van der Waals surface area (Å²) < 4.78 is 48.4. The van der Waals surface area contributed by atoms with Gasteiger partial charge in [-0.25, -0.2) is 4.79 Å². The highest BCUT2D eigenvalue weighted by Gasteiger charge is 2.33. The van der Waals surface area contributed by atoms with Crippen LogP contribution in [0.2, 0.25) is 0 Å². The maximum atomic E-state index is 12.8. The number of methoxy groups -OCH3 is 2. The van der Waals surface area contributed by atoms with E-state index < -0.39 is 11.7 Å². The zero-order valence-corrected chi connectivity index (χ0v) is 16.4. The van der Waals surface area contributed by atoms with Crippen LogP contribution in [0.4, 0.5) is 18.9 Å². The van der Waals surface area contributed by atoms with Crippen molar-refractivity contribution in [3.63, 3.8) is 0 Å². The first kappa shape index (κ1) is 21.2. The summed E-state index contributed by atoms with van der Waals surface area (Å²) in [5, 5.41) is 0. The van der Waals surface area contributed by atoms with Gasteiger partial charge in [-0.15, -0.1) is 0 Å². The van der Waals surface area contributed by atoms with Crippen molar-refractivity contribution in [3.8, 4) is 0 Å². The second kappa shape index (κ2) is 8.86.